The topological polar surface area (TPSA) is 99.4 Å². The first-order chi connectivity index (χ1) is 7.69. The third-order valence-electron chi connectivity index (χ3n) is 2.02. The summed E-state index contributed by atoms with van der Waals surface area (Å²) in [6.07, 6.45) is -1.28. The van der Waals surface area contributed by atoms with Gasteiger partial charge in [0, 0.05) is 6.61 Å². The van der Waals surface area contributed by atoms with Crippen molar-refractivity contribution in [1.82, 2.24) is 0 Å². The van der Waals surface area contributed by atoms with E-state index in [9.17, 15) is 5.11 Å². The fourth-order valence-corrected chi connectivity index (χ4v) is 1.00. The summed E-state index contributed by atoms with van der Waals surface area (Å²) in [5.41, 5.74) is 0. The van der Waals surface area contributed by atoms with E-state index in [1.165, 1.54) is 0 Å². The largest absolute Gasteiger partial charge is 0.394 e. The highest BCUT2D eigenvalue weighted by molar-refractivity contribution is 4.62. The van der Waals surface area contributed by atoms with Crippen LogP contribution in [-0.4, -0.2) is 65.4 Å². The minimum atomic E-state index is -1.18. The second-order valence-corrected chi connectivity index (χ2v) is 3.47. The van der Waals surface area contributed by atoms with Gasteiger partial charge in [0.15, 0.2) is 6.29 Å². The Labute approximate surface area is 95.4 Å². The van der Waals surface area contributed by atoms with E-state index >= 15 is 0 Å². The first-order valence-corrected chi connectivity index (χ1v) is 5.47. The van der Waals surface area contributed by atoms with Gasteiger partial charge in [0.25, 0.3) is 0 Å². The smallest absolute Gasteiger partial charge is 0.186 e. The minimum absolute atomic E-state index is 0.373. The highest BCUT2D eigenvalue weighted by atomic mass is 16.7. The molecule has 0 aromatic carbocycles. The van der Waals surface area contributed by atoms with Crippen LogP contribution < -0.4 is 0 Å². The average Bonchev–Trinajstić information content (AvgIpc) is 2.32. The van der Waals surface area contributed by atoms with E-state index in [2.05, 4.69) is 0 Å². The highest BCUT2D eigenvalue weighted by Gasteiger charge is 2.23. The van der Waals surface area contributed by atoms with Gasteiger partial charge in [0.2, 0.25) is 0 Å². The Kier molecular flexibility index (Phi) is 9.80. The molecule has 0 unspecified atom stereocenters. The monoisotopic (exact) mass is 238 g/mol. The third kappa shape index (κ3) is 6.37. The summed E-state index contributed by atoms with van der Waals surface area (Å²) in [6.45, 7) is 1.14. The van der Waals surface area contributed by atoms with Crippen molar-refractivity contribution >= 4 is 0 Å². The van der Waals surface area contributed by atoms with E-state index in [4.69, 9.17) is 24.8 Å². The Hall–Kier alpha value is -0.240. The summed E-state index contributed by atoms with van der Waals surface area (Å²) in [5, 5.41) is 35.8. The van der Waals surface area contributed by atoms with Crippen LogP contribution in [0.3, 0.4) is 0 Å². The molecular formula is C10H22O6. The van der Waals surface area contributed by atoms with Gasteiger partial charge in [-0.25, -0.2) is 0 Å². The molecule has 0 bridgehead atoms. The number of aliphatic hydroxyl groups excluding tert-OH is 4. The average molecular weight is 238 g/mol. The minimum Gasteiger partial charge on any atom is -0.394 e. The summed E-state index contributed by atoms with van der Waals surface area (Å²) in [5.74, 6) is 0. The lowest BCUT2D eigenvalue weighted by Gasteiger charge is -2.25. The van der Waals surface area contributed by atoms with Crippen molar-refractivity contribution in [3.05, 3.63) is 0 Å². The molecule has 0 aliphatic rings. The maximum atomic E-state index is 9.39. The van der Waals surface area contributed by atoms with Gasteiger partial charge >= 0.3 is 0 Å². The number of hydrogen-bond donors (Lipinski definition) is 4. The molecule has 0 amide bonds. The molecule has 0 spiro atoms. The van der Waals surface area contributed by atoms with Gasteiger partial charge in [-0.2, -0.15) is 0 Å². The molecular weight excluding hydrogens is 216 g/mol. The fraction of sp³-hybridized carbons (Fsp3) is 1.00. The molecule has 0 saturated carbocycles. The zero-order valence-electron chi connectivity index (χ0n) is 9.58. The maximum absolute atomic E-state index is 9.39. The Morgan fingerprint density at radius 3 is 2.12 bits per heavy atom. The SMILES string of the molecule is CCCCO[C@H](OC(CO)CO)[C@@H](O)CO. The van der Waals surface area contributed by atoms with Crippen LogP contribution in [0.5, 0.6) is 0 Å². The van der Waals surface area contributed by atoms with Crippen LogP contribution in [0.1, 0.15) is 19.8 Å². The summed E-state index contributed by atoms with van der Waals surface area (Å²) in [6, 6.07) is 0. The summed E-state index contributed by atoms with van der Waals surface area (Å²) in [4.78, 5) is 0. The predicted molar refractivity (Wildman–Crippen MR) is 56.8 cm³/mol. The first-order valence-electron chi connectivity index (χ1n) is 5.47. The van der Waals surface area contributed by atoms with Crippen LogP contribution in [0.15, 0.2) is 0 Å². The molecule has 98 valence electrons. The van der Waals surface area contributed by atoms with Gasteiger partial charge in [-0.05, 0) is 6.42 Å². The maximum Gasteiger partial charge on any atom is 0.186 e. The van der Waals surface area contributed by atoms with E-state index < -0.39 is 25.1 Å². The van der Waals surface area contributed by atoms with E-state index in [0.717, 1.165) is 12.8 Å². The number of hydrogen-bond acceptors (Lipinski definition) is 6. The number of ether oxygens (including phenoxy) is 2. The van der Waals surface area contributed by atoms with Gasteiger partial charge in [-0.15, -0.1) is 0 Å². The van der Waals surface area contributed by atoms with Gasteiger partial charge < -0.3 is 29.9 Å². The van der Waals surface area contributed by atoms with Crippen LogP contribution in [0.25, 0.3) is 0 Å². The van der Waals surface area contributed by atoms with Gasteiger partial charge in [-0.1, -0.05) is 13.3 Å². The van der Waals surface area contributed by atoms with Crippen LogP contribution in [0.2, 0.25) is 0 Å². The molecule has 0 saturated heterocycles. The third-order valence-corrected chi connectivity index (χ3v) is 2.02. The quantitative estimate of drug-likeness (QED) is 0.283. The molecule has 0 fully saturated rings. The zero-order valence-corrected chi connectivity index (χ0v) is 9.58. The molecule has 6 heteroatoms. The van der Waals surface area contributed by atoms with Crippen molar-refractivity contribution in [2.24, 2.45) is 0 Å². The van der Waals surface area contributed by atoms with E-state index in [-0.39, 0.29) is 13.2 Å². The molecule has 0 aromatic rings. The second kappa shape index (κ2) is 9.95. The molecule has 16 heavy (non-hydrogen) atoms. The zero-order chi connectivity index (χ0) is 12.4. The first kappa shape index (κ1) is 15.8. The molecule has 0 aromatic heterocycles. The van der Waals surface area contributed by atoms with Crippen LogP contribution in [0, 0.1) is 0 Å². The Morgan fingerprint density at radius 2 is 1.69 bits per heavy atom. The number of unbranched alkanes of at least 4 members (excludes halogenated alkanes) is 1. The fourth-order valence-electron chi connectivity index (χ4n) is 1.00. The van der Waals surface area contributed by atoms with Gasteiger partial charge in [-0.3, -0.25) is 0 Å². The second-order valence-electron chi connectivity index (χ2n) is 3.47. The van der Waals surface area contributed by atoms with Gasteiger partial charge in [0.05, 0.1) is 19.8 Å². The van der Waals surface area contributed by atoms with Crippen molar-refractivity contribution < 1.29 is 29.9 Å². The Balaban J connectivity index is 4.08. The van der Waals surface area contributed by atoms with Crippen LogP contribution in [-0.2, 0) is 9.47 Å². The molecule has 0 rings (SSSR count). The van der Waals surface area contributed by atoms with E-state index in [1.807, 2.05) is 6.92 Å². The lowest BCUT2D eigenvalue weighted by Crippen LogP contribution is -2.40. The number of aliphatic hydroxyl groups is 4. The summed E-state index contributed by atoms with van der Waals surface area (Å²) in [7, 11) is 0. The lowest BCUT2D eigenvalue weighted by atomic mass is 10.3. The van der Waals surface area contributed by atoms with Crippen molar-refractivity contribution in [2.75, 3.05) is 26.4 Å². The predicted octanol–water partition coefficient (Wildman–Crippen LogP) is -1.15. The normalized spacial score (nSPS) is 15.4. The van der Waals surface area contributed by atoms with Crippen molar-refractivity contribution in [3.63, 3.8) is 0 Å². The molecule has 6 nitrogen and oxygen atoms in total. The molecule has 0 heterocycles. The van der Waals surface area contributed by atoms with Gasteiger partial charge in [0.1, 0.15) is 12.2 Å². The molecule has 0 radical (unpaired) electrons. The Bertz CT molecular complexity index is 150. The van der Waals surface area contributed by atoms with Crippen LogP contribution in [0.4, 0.5) is 0 Å². The van der Waals surface area contributed by atoms with E-state index in [0.29, 0.717) is 6.61 Å². The Morgan fingerprint density at radius 1 is 1.06 bits per heavy atom. The standard InChI is InChI=1S/C10H22O6/c1-2-3-4-15-10(9(14)7-13)16-8(5-11)6-12/h8-14H,2-7H2,1H3/t9-,10+/m0/s1. The molecule has 4 N–H and O–H groups in total. The molecule has 0 aliphatic heterocycles. The lowest BCUT2D eigenvalue weighted by molar-refractivity contribution is -0.232. The highest BCUT2D eigenvalue weighted by Crippen LogP contribution is 2.07. The van der Waals surface area contributed by atoms with Crippen LogP contribution >= 0.6 is 0 Å². The molecule has 0 aliphatic carbocycles. The van der Waals surface area contributed by atoms with Crippen molar-refractivity contribution in [3.8, 4) is 0 Å². The number of rotatable bonds is 10. The van der Waals surface area contributed by atoms with Crippen molar-refractivity contribution in [2.45, 2.75) is 38.3 Å². The molecule has 2 atom stereocenters. The summed E-state index contributed by atoms with van der Waals surface area (Å²) < 4.78 is 10.3. The summed E-state index contributed by atoms with van der Waals surface area (Å²) >= 11 is 0. The van der Waals surface area contributed by atoms with Crippen molar-refractivity contribution in [1.29, 1.82) is 0 Å². The van der Waals surface area contributed by atoms with E-state index in [1.54, 1.807) is 0 Å².